The monoisotopic (exact) mass is 354 g/mol. The van der Waals surface area contributed by atoms with Crippen LogP contribution in [0.15, 0.2) is 57.0 Å². The second-order valence-electron chi connectivity index (χ2n) is 5.43. The molecule has 3 heterocycles. The van der Waals surface area contributed by atoms with Gasteiger partial charge in [-0.1, -0.05) is 23.9 Å². The summed E-state index contributed by atoms with van der Waals surface area (Å²) in [7, 11) is 0. The van der Waals surface area contributed by atoms with E-state index in [9.17, 15) is 4.79 Å². The van der Waals surface area contributed by atoms with Crippen molar-refractivity contribution in [2.75, 3.05) is 0 Å². The Kier molecular flexibility index (Phi) is 4.06. The first-order valence-corrected chi connectivity index (χ1v) is 8.53. The van der Waals surface area contributed by atoms with Crippen LogP contribution in [0, 0.1) is 0 Å². The van der Waals surface area contributed by atoms with Crippen LogP contribution in [0.2, 0.25) is 0 Å². The average Bonchev–Trinajstić information content (AvgIpc) is 3.28. The van der Waals surface area contributed by atoms with Gasteiger partial charge in [-0.15, -0.1) is 5.10 Å². The SMILES string of the molecule is CC(Sc1nnnn1Cc1ccco1)c1nc2ccccc2c(=O)[nH]1. The third kappa shape index (κ3) is 3.18. The van der Waals surface area contributed by atoms with E-state index in [1.54, 1.807) is 17.0 Å². The molecule has 0 saturated heterocycles. The Balaban J connectivity index is 1.60. The molecule has 0 aliphatic rings. The lowest BCUT2D eigenvalue weighted by atomic mass is 10.2. The highest BCUT2D eigenvalue weighted by atomic mass is 32.2. The van der Waals surface area contributed by atoms with Crippen molar-refractivity contribution in [1.29, 1.82) is 0 Å². The Morgan fingerprint density at radius 1 is 1.28 bits per heavy atom. The molecule has 0 amide bonds. The molecule has 0 bridgehead atoms. The minimum atomic E-state index is -0.150. The maximum absolute atomic E-state index is 12.2. The van der Waals surface area contributed by atoms with Gasteiger partial charge in [0.2, 0.25) is 5.16 Å². The molecule has 0 fully saturated rings. The number of hydrogen-bond donors (Lipinski definition) is 1. The number of aromatic amines is 1. The van der Waals surface area contributed by atoms with Gasteiger partial charge in [-0.25, -0.2) is 9.67 Å². The van der Waals surface area contributed by atoms with Crippen molar-refractivity contribution in [2.45, 2.75) is 23.9 Å². The number of para-hydroxylation sites is 1. The second-order valence-corrected chi connectivity index (χ2v) is 6.73. The van der Waals surface area contributed by atoms with E-state index < -0.39 is 0 Å². The second kappa shape index (κ2) is 6.52. The number of furan rings is 1. The summed E-state index contributed by atoms with van der Waals surface area (Å²) in [6, 6.07) is 10.9. The van der Waals surface area contributed by atoms with Crippen molar-refractivity contribution >= 4 is 22.7 Å². The van der Waals surface area contributed by atoms with Crippen molar-refractivity contribution in [3.05, 3.63) is 64.6 Å². The summed E-state index contributed by atoms with van der Waals surface area (Å²) in [5.74, 6) is 1.35. The average molecular weight is 354 g/mol. The maximum atomic E-state index is 12.2. The number of aromatic nitrogens is 6. The number of rotatable bonds is 5. The number of thioether (sulfide) groups is 1. The number of benzene rings is 1. The van der Waals surface area contributed by atoms with Crippen LogP contribution in [0.25, 0.3) is 10.9 Å². The lowest BCUT2D eigenvalue weighted by Crippen LogP contribution is -2.13. The van der Waals surface area contributed by atoms with Crippen LogP contribution < -0.4 is 5.56 Å². The van der Waals surface area contributed by atoms with Crippen molar-refractivity contribution in [3.63, 3.8) is 0 Å². The number of tetrazole rings is 1. The molecule has 1 unspecified atom stereocenters. The highest BCUT2D eigenvalue weighted by Crippen LogP contribution is 2.31. The summed E-state index contributed by atoms with van der Waals surface area (Å²) < 4.78 is 6.98. The number of hydrogen-bond acceptors (Lipinski definition) is 7. The quantitative estimate of drug-likeness (QED) is 0.549. The van der Waals surface area contributed by atoms with E-state index in [0.717, 1.165) is 5.76 Å². The van der Waals surface area contributed by atoms with Crippen molar-refractivity contribution in [1.82, 2.24) is 30.2 Å². The van der Waals surface area contributed by atoms with Crippen LogP contribution in [0.5, 0.6) is 0 Å². The Morgan fingerprint density at radius 3 is 3.00 bits per heavy atom. The maximum Gasteiger partial charge on any atom is 0.258 e. The highest BCUT2D eigenvalue weighted by Gasteiger charge is 2.17. The first-order valence-electron chi connectivity index (χ1n) is 7.65. The van der Waals surface area contributed by atoms with Crippen molar-refractivity contribution < 1.29 is 4.42 Å². The molecule has 1 N–H and O–H groups in total. The topological polar surface area (TPSA) is 102 Å². The van der Waals surface area contributed by atoms with E-state index in [2.05, 4.69) is 25.5 Å². The molecule has 0 radical (unpaired) electrons. The molecule has 25 heavy (non-hydrogen) atoms. The number of fused-ring (bicyclic) bond motifs is 1. The van der Waals surface area contributed by atoms with Gasteiger partial charge >= 0.3 is 0 Å². The van der Waals surface area contributed by atoms with E-state index in [1.807, 2.05) is 37.3 Å². The van der Waals surface area contributed by atoms with Crippen molar-refractivity contribution in [2.24, 2.45) is 0 Å². The molecule has 1 aromatic carbocycles. The molecular weight excluding hydrogens is 340 g/mol. The Hall–Kier alpha value is -2.94. The highest BCUT2D eigenvalue weighted by molar-refractivity contribution is 7.99. The van der Waals surface area contributed by atoms with Crippen LogP contribution >= 0.6 is 11.8 Å². The standard InChI is InChI=1S/C16H14N6O2S/c1-10(14-17-13-7-3-2-6-12(13)15(23)18-14)25-16-19-20-21-22(16)9-11-5-4-8-24-11/h2-8,10H,9H2,1H3,(H,17,18,23). The van der Waals surface area contributed by atoms with Crippen LogP contribution in [0.4, 0.5) is 0 Å². The van der Waals surface area contributed by atoms with E-state index >= 15 is 0 Å². The molecule has 8 nitrogen and oxygen atoms in total. The molecule has 9 heteroatoms. The zero-order valence-electron chi connectivity index (χ0n) is 13.3. The Labute approximate surface area is 146 Å². The van der Waals surface area contributed by atoms with Crippen molar-refractivity contribution in [3.8, 4) is 0 Å². The zero-order chi connectivity index (χ0) is 17.2. The largest absolute Gasteiger partial charge is 0.467 e. The van der Waals surface area contributed by atoms with Gasteiger partial charge in [0.1, 0.15) is 18.1 Å². The van der Waals surface area contributed by atoms with Crippen LogP contribution in [-0.2, 0) is 6.54 Å². The van der Waals surface area contributed by atoms with Gasteiger partial charge in [-0.05, 0) is 41.6 Å². The Bertz CT molecular complexity index is 1060. The van der Waals surface area contributed by atoms with E-state index in [-0.39, 0.29) is 10.8 Å². The van der Waals surface area contributed by atoms with Crippen LogP contribution in [0.3, 0.4) is 0 Å². The number of nitrogens with one attached hydrogen (secondary N) is 1. The fourth-order valence-electron chi connectivity index (χ4n) is 2.44. The lowest BCUT2D eigenvalue weighted by molar-refractivity contribution is 0.462. The summed E-state index contributed by atoms with van der Waals surface area (Å²) in [4.78, 5) is 19.6. The van der Waals surface area contributed by atoms with Gasteiger partial charge in [0.25, 0.3) is 5.56 Å². The van der Waals surface area contributed by atoms with E-state index in [0.29, 0.717) is 28.4 Å². The summed E-state index contributed by atoms with van der Waals surface area (Å²) in [6.45, 7) is 2.39. The third-order valence-electron chi connectivity index (χ3n) is 3.68. The molecule has 0 saturated carbocycles. The minimum Gasteiger partial charge on any atom is -0.467 e. The summed E-state index contributed by atoms with van der Waals surface area (Å²) in [5, 5.41) is 12.8. The summed E-state index contributed by atoms with van der Waals surface area (Å²) >= 11 is 1.42. The Morgan fingerprint density at radius 2 is 2.16 bits per heavy atom. The van der Waals surface area contributed by atoms with Gasteiger partial charge in [0.15, 0.2) is 0 Å². The zero-order valence-corrected chi connectivity index (χ0v) is 14.1. The summed E-state index contributed by atoms with van der Waals surface area (Å²) in [5.41, 5.74) is 0.520. The van der Waals surface area contributed by atoms with Crippen LogP contribution in [0.1, 0.15) is 23.8 Å². The van der Waals surface area contributed by atoms with Gasteiger partial charge in [-0.3, -0.25) is 4.79 Å². The predicted octanol–water partition coefficient (Wildman–Crippen LogP) is 2.40. The van der Waals surface area contributed by atoms with Gasteiger partial charge in [0, 0.05) is 0 Å². The molecule has 4 rings (SSSR count). The first-order chi connectivity index (χ1) is 12.2. The molecule has 4 aromatic rings. The van der Waals surface area contributed by atoms with Gasteiger partial charge in [0.05, 0.1) is 22.4 Å². The molecule has 0 spiro atoms. The normalized spacial score (nSPS) is 12.5. The molecule has 0 aliphatic heterocycles. The first kappa shape index (κ1) is 15.6. The molecular formula is C16H14N6O2S. The fourth-order valence-corrected chi connectivity index (χ4v) is 3.29. The van der Waals surface area contributed by atoms with E-state index in [1.165, 1.54) is 11.8 Å². The predicted molar refractivity (Wildman–Crippen MR) is 92.3 cm³/mol. The number of nitrogens with zero attached hydrogens (tertiary/aromatic N) is 5. The van der Waals surface area contributed by atoms with E-state index in [4.69, 9.17) is 4.42 Å². The minimum absolute atomic E-state index is 0.126. The van der Waals surface area contributed by atoms with Gasteiger partial charge < -0.3 is 9.40 Å². The van der Waals surface area contributed by atoms with Gasteiger partial charge in [-0.2, -0.15) is 0 Å². The number of H-pyrrole nitrogens is 1. The lowest BCUT2D eigenvalue weighted by Gasteiger charge is -2.10. The fraction of sp³-hybridized carbons (Fsp3) is 0.188. The molecule has 1 atom stereocenters. The van der Waals surface area contributed by atoms with Crippen LogP contribution in [-0.4, -0.2) is 30.2 Å². The molecule has 3 aromatic heterocycles. The summed E-state index contributed by atoms with van der Waals surface area (Å²) in [6.07, 6.45) is 1.61. The molecule has 0 aliphatic carbocycles. The third-order valence-corrected chi connectivity index (χ3v) is 4.76. The smallest absolute Gasteiger partial charge is 0.258 e. The molecule has 126 valence electrons.